The van der Waals surface area contributed by atoms with Gasteiger partial charge in [-0.25, -0.2) is 0 Å². The summed E-state index contributed by atoms with van der Waals surface area (Å²) in [5, 5.41) is 5.76. The molecule has 1 heterocycles. The van der Waals surface area contributed by atoms with Gasteiger partial charge in [-0.15, -0.1) is 11.3 Å². The van der Waals surface area contributed by atoms with Crippen molar-refractivity contribution in [2.75, 3.05) is 0 Å². The molecule has 1 nitrogen and oxygen atoms in total. The predicted molar refractivity (Wildman–Crippen MR) is 84.2 cm³/mol. The number of hydrogen-bond acceptors (Lipinski definition) is 2. The van der Waals surface area contributed by atoms with Crippen LogP contribution >= 0.6 is 27.3 Å². The van der Waals surface area contributed by atoms with Crippen molar-refractivity contribution in [3.05, 3.63) is 44.6 Å². The number of benzene rings is 1. The van der Waals surface area contributed by atoms with E-state index < -0.39 is 0 Å². The Balaban J connectivity index is 2.31. The monoisotopic (exact) mass is 323 g/mol. The standard InChI is InChI=1S/C15H18BrNS/c1-10(2)17-8-13-9-18-11(3)15(13)12-4-6-14(16)7-5-12/h4-7,9-10,17H,8H2,1-3H3. The summed E-state index contributed by atoms with van der Waals surface area (Å²) in [6, 6.07) is 9.08. The zero-order chi connectivity index (χ0) is 13.1. The van der Waals surface area contributed by atoms with Crippen molar-refractivity contribution in [3.63, 3.8) is 0 Å². The van der Waals surface area contributed by atoms with Crippen molar-refractivity contribution < 1.29 is 0 Å². The Morgan fingerprint density at radius 3 is 2.50 bits per heavy atom. The first-order chi connectivity index (χ1) is 8.58. The molecule has 3 heteroatoms. The summed E-state index contributed by atoms with van der Waals surface area (Å²) >= 11 is 5.32. The molecular formula is C15H18BrNS. The second-order valence-electron chi connectivity index (χ2n) is 4.73. The zero-order valence-corrected chi connectivity index (χ0v) is 13.4. The van der Waals surface area contributed by atoms with Gasteiger partial charge in [0.2, 0.25) is 0 Å². The summed E-state index contributed by atoms with van der Waals surface area (Å²) in [7, 11) is 0. The lowest BCUT2D eigenvalue weighted by molar-refractivity contribution is 0.590. The quantitative estimate of drug-likeness (QED) is 0.836. The van der Waals surface area contributed by atoms with Gasteiger partial charge >= 0.3 is 0 Å². The molecule has 0 aliphatic heterocycles. The van der Waals surface area contributed by atoms with Gasteiger partial charge in [0, 0.05) is 21.9 Å². The van der Waals surface area contributed by atoms with Crippen molar-refractivity contribution in [2.45, 2.75) is 33.4 Å². The molecule has 0 saturated heterocycles. The van der Waals surface area contributed by atoms with Crippen LogP contribution in [-0.2, 0) is 6.54 Å². The molecule has 18 heavy (non-hydrogen) atoms. The summed E-state index contributed by atoms with van der Waals surface area (Å²) in [6.45, 7) is 7.49. The van der Waals surface area contributed by atoms with Gasteiger partial charge in [-0.1, -0.05) is 41.9 Å². The molecule has 0 aliphatic rings. The van der Waals surface area contributed by atoms with Crippen molar-refractivity contribution in [3.8, 4) is 11.1 Å². The normalized spacial score (nSPS) is 11.2. The SMILES string of the molecule is Cc1scc(CNC(C)C)c1-c1ccc(Br)cc1. The maximum Gasteiger partial charge on any atom is 0.0222 e. The third-order valence-electron chi connectivity index (χ3n) is 2.88. The Labute approximate surface area is 121 Å². The number of aryl methyl sites for hydroxylation is 1. The van der Waals surface area contributed by atoms with Crippen LogP contribution < -0.4 is 5.32 Å². The Morgan fingerprint density at radius 1 is 1.22 bits per heavy atom. The van der Waals surface area contributed by atoms with E-state index in [4.69, 9.17) is 0 Å². The third kappa shape index (κ3) is 3.22. The first kappa shape index (κ1) is 13.8. The molecule has 0 radical (unpaired) electrons. The molecule has 0 amide bonds. The molecule has 0 spiro atoms. The molecule has 2 rings (SSSR count). The van der Waals surface area contributed by atoms with Gasteiger partial charge in [0.1, 0.15) is 0 Å². The van der Waals surface area contributed by atoms with E-state index in [0.29, 0.717) is 6.04 Å². The minimum atomic E-state index is 0.517. The molecular weight excluding hydrogens is 306 g/mol. The lowest BCUT2D eigenvalue weighted by Crippen LogP contribution is -2.21. The summed E-state index contributed by atoms with van der Waals surface area (Å²) in [4.78, 5) is 1.39. The molecule has 0 saturated carbocycles. The first-order valence-electron chi connectivity index (χ1n) is 6.14. The molecule has 1 aromatic carbocycles. The Hall–Kier alpha value is -0.640. The van der Waals surface area contributed by atoms with Gasteiger partial charge in [0.25, 0.3) is 0 Å². The van der Waals surface area contributed by atoms with Crippen LogP contribution in [0, 0.1) is 6.92 Å². The fourth-order valence-corrected chi connectivity index (χ4v) is 3.10. The number of halogens is 1. The minimum absolute atomic E-state index is 0.517. The smallest absolute Gasteiger partial charge is 0.0222 e. The topological polar surface area (TPSA) is 12.0 Å². The highest BCUT2D eigenvalue weighted by Gasteiger charge is 2.10. The number of thiophene rings is 1. The molecule has 96 valence electrons. The highest BCUT2D eigenvalue weighted by Crippen LogP contribution is 2.33. The van der Waals surface area contributed by atoms with Crippen molar-refractivity contribution in [2.24, 2.45) is 0 Å². The van der Waals surface area contributed by atoms with E-state index in [1.54, 1.807) is 0 Å². The molecule has 0 bridgehead atoms. The van der Waals surface area contributed by atoms with Crippen LogP contribution in [0.2, 0.25) is 0 Å². The summed E-state index contributed by atoms with van der Waals surface area (Å²) in [6.07, 6.45) is 0. The van der Waals surface area contributed by atoms with Gasteiger partial charge in [0.15, 0.2) is 0 Å². The summed E-state index contributed by atoms with van der Waals surface area (Å²) in [5.74, 6) is 0. The van der Waals surface area contributed by atoms with E-state index in [2.05, 4.69) is 71.7 Å². The Kier molecular flexibility index (Phi) is 4.60. The lowest BCUT2D eigenvalue weighted by Gasteiger charge is -2.10. The molecule has 1 aromatic heterocycles. The van der Waals surface area contributed by atoms with Gasteiger partial charge in [-0.2, -0.15) is 0 Å². The molecule has 0 aliphatic carbocycles. The summed E-state index contributed by atoms with van der Waals surface area (Å²) in [5.41, 5.74) is 4.09. The molecule has 0 fully saturated rings. The number of nitrogens with one attached hydrogen (secondary N) is 1. The molecule has 0 atom stereocenters. The van der Waals surface area contributed by atoms with Crippen LogP contribution in [0.4, 0.5) is 0 Å². The fraction of sp³-hybridized carbons (Fsp3) is 0.333. The maximum absolute atomic E-state index is 3.49. The number of rotatable bonds is 4. The Morgan fingerprint density at radius 2 is 1.89 bits per heavy atom. The third-order valence-corrected chi connectivity index (χ3v) is 4.37. The van der Waals surface area contributed by atoms with E-state index in [0.717, 1.165) is 11.0 Å². The van der Waals surface area contributed by atoms with E-state index in [1.807, 2.05) is 11.3 Å². The van der Waals surface area contributed by atoms with Crippen LogP contribution in [0.5, 0.6) is 0 Å². The van der Waals surface area contributed by atoms with Crippen LogP contribution in [0.3, 0.4) is 0 Å². The second-order valence-corrected chi connectivity index (χ2v) is 6.73. The molecule has 0 unspecified atom stereocenters. The van der Waals surface area contributed by atoms with Crippen LogP contribution in [0.25, 0.3) is 11.1 Å². The van der Waals surface area contributed by atoms with Crippen LogP contribution in [0.15, 0.2) is 34.1 Å². The highest BCUT2D eigenvalue weighted by atomic mass is 79.9. The van der Waals surface area contributed by atoms with Gasteiger partial charge in [-0.05, 0) is 41.1 Å². The van der Waals surface area contributed by atoms with Crippen molar-refractivity contribution in [1.82, 2.24) is 5.32 Å². The van der Waals surface area contributed by atoms with Crippen molar-refractivity contribution >= 4 is 27.3 Å². The van der Waals surface area contributed by atoms with Gasteiger partial charge in [-0.3, -0.25) is 0 Å². The predicted octanol–water partition coefficient (Wildman–Crippen LogP) is 4.98. The largest absolute Gasteiger partial charge is 0.310 e. The summed E-state index contributed by atoms with van der Waals surface area (Å²) < 4.78 is 1.13. The highest BCUT2D eigenvalue weighted by molar-refractivity contribution is 9.10. The average molecular weight is 324 g/mol. The lowest BCUT2D eigenvalue weighted by atomic mass is 10.0. The zero-order valence-electron chi connectivity index (χ0n) is 11.0. The molecule has 1 N–H and O–H groups in total. The van der Waals surface area contributed by atoms with Gasteiger partial charge in [0.05, 0.1) is 0 Å². The van der Waals surface area contributed by atoms with E-state index in [-0.39, 0.29) is 0 Å². The molecule has 2 aromatic rings. The number of hydrogen-bond donors (Lipinski definition) is 1. The van der Waals surface area contributed by atoms with Crippen LogP contribution in [0.1, 0.15) is 24.3 Å². The average Bonchev–Trinajstić information content (AvgIpc) is 2.69. The maximum atomic E-state index is 3.49. The second kappa shape index (κ2) is 6.00. The van der Waals surface area contributed by atoms with E-state index >= 15 is 0 Å². The van der Waals surface area contributed by atoms with E-state index in [9.17, 15) is 0 Å². The minimum Gasteiger partial charge on any atom is -0.310 e. The van der Waals surface area contributed by atoms with Gasteiger partial charge < -0.3 is 5.32 Å². The first-order valence-corrected chi connectivity index (χ1v) is 7.81. The van der Waals surface area contributed by atoms with Crippen LogP contribution in [-0.4, -0.2) is 6.04 Å². The van der Waals surface area contributed by atoms with Crippen molar-refractivity contribution in [1.29, 1.82) is 0 Å². The van der Waals surface area contributed by atoms with E-state index in [1.165, 1.54) is 21.6 Å². The fourth-order valence-electron chi connectivity index (χ4n) is 1.95. The Bertz CT molecular complexity index is 514.